The molecule has 1 unspecified atom stereocenters. The molecule has 0 aliphatic rings. The molecule has 9 heteroatoms. The Labute approximate surface area is 202 Å². The van der Waals surface area contributed by atoms with E-state index >= 15 is 0 Å². The number of rotatable bonds is 11. The van der Waals surface area contributed by atoms with Gasteiger partial charge in [-0.25, -0.2) is 12.8 Å². The lowest BCUT2D eigenvalue weighted by molar-refractivity contribution is -0.140. The summed E-state index contributed by atoms with van der Waals surface area (Å²) in [4.78, 5) is 28.0. The van der Waals surface area contributed by atoms with Crippen LogP contribution in [-0.2, 0) is 26.2 Å². The van der Waals surface area contributed by atoms with Crippen molar-refractivity contribution in [3.63, 3.8) is 0 Å². The van der Waals surface area contributed by atoms with Crippen molar-refractivity contribution in [2.24, 2.45) is 5.92 Å². The van der Waals surface area contributed by atoms with Gasteiger partial charge in [0, 0.05) is 13.1 Å². The third-order valence-electron chi connectivity index (χ3n) is 5.45. The second-order valence-electron chi connectivity index (χ2n) is 8.76. The normalized spacial score (nSPS) is 12.3. The molecule has 0 bridgehead atoms. The Hall–Kier alpha value is -2.94. The Morgan fingerprint density at radius 2 is 1.76 bits per heavy atom. The highest BCUT2D eigenvalue weighted by molar-refractivity contribution is 7.92. The molecule has 2 amide bonds. The summed E-state index contributed by atoms with van der Waals surface area (Å²) in [6, 6.07) is 11.8. The molecule has 2 aromatic carbocycles. The third kappa shape index (κ3) is 7.55. The van der Waals surface area contributed by atoms with Crippen molar-refractivity contribution in [3.05, 3.63) is 65.5 Å². The van der Waals surface area contributed by atoms with Gasteiger partial charge in [0.2, 0.25) is 21.8 Å². The number of benzene rings is 2. The van der Waals surface area contributed by atoms with Gasteiger partial charge < -0.3 is 10.2 Å². The summed E-state index contributed by atoms with van der Waals surface area (Å²) in [5, 5.41) is 2.88. The monoisotopic (exact) mass is 491 g/mol. The van der Waals surface area contributed by atoms with E-state index in [1.54, 1.807) is 6.92 Å². The molecular weight excluding hydrogens is 457 g/mol. The first-order chi connectivity index (χ1) is 15.9. The molecule has 1 atom stereocenters. The number of sulfonamides is 1. The van der Waals surface area contributed by atoms with Gasteiger partial charge in [0.05, 0.1) is 11.9 Å². The summed E-state index contributed by atoms with van der Waals surface area (Å²) in [6.07, 6.45) is 1.31. The fourth-order valence-electron chi connectivity index (χ4n) is 3.56. The Morgan fingerprint density at radius 1 is 1.09 bits per heavy atom. The van der Waals surface area contributed by atoms with E-state index in [2.05, 4.69) is 5.32 Å². The Balaban J connectivity index is 2.43. The van der Waals surface area contributed by atoms with Crippen molar-refractivity contribution in [1.82, 2.24) is 10.2 Å². The minimum Gasteiger partial charge on any atom is -0.354 e. The van der Waals surface area contributed by atoms with Gasteiger partial charge in [-0.05, 0) is 48.6 Å². The average molecular weight is 492 g/mol. The van der Waals surface area contributed by atoms with Crippen LogP contribution >= 0.6 is 0 Å². The maximum Gasteiger partial charge on any atom is 0.244 e. The molecule has 0 aliphatic heterocycles. The summed E-state index contributed by atoms with van der Waals surface area (Å²) in [7, 11) is -3.90. The van der Waals surface area contributed by atoms with Crippen LogP contribution in [0.25, 0.3) is 0 Å². The van der Waals surface area contributed by atoms with Crippen LogP contribution in [0.4, 0.5) is 10.1 Å². The van der Waals surface area contributed by atoms with Crippen LogP contribution in [0.3, 0.4) is 0 Å². The molecule has 0 heterocycles. The number of hydrogen-bond acceptors (Lipinski definition) is 4. The number of aryl methyl sites for hydroxylation is 1. The molecule has 0 radical (unpaired) electrons. The maximum atomic E-state index is 13.8. The topological polar surface area (TPSA) is 86.8 Å². The first kappa shape index (κ1) is 27.3. The fraction of sp³-hybridized carbons (Fsp3) is 0.440. The van der Waals surface area contributed by atoms with Gasteiger partial charge in [-0.15, -0.1) is 0 Å². The largest absolute Gasteiger partial charge is 0.354 e. The van der Waals surface area contributed by atoms with Crippen molar-refractivity contribution in [3.8, 4) is 0 Å². The van der Waals surface area contributed by atoms with E-state index in [4.69, 9.17) is 0 Å². The van der Waals surface area contributed by atoms with Crippen molar-refractivity contribution < 1.29 is 22.4 Å². The van der Waals surface area contributed by atoms with E-state index < -0.39 is 34.3 Å². The van der Waals surface area contributed by atoms with E-state index in [-0.39, 0.29) is 24.1 Å². The number of hydrogen-bond donors (Lipinski definition) is 1. The number of carbonyl (C=O) groups is 2. The van der Waals surface area contributed by atoms with Crippen LogP contribution in [0.5, 0.6) is 0 Å². The summed E-state index contributed by atoms with van der Waals surface area (Å²) in [5.41, 5.74) is 1.84. The molecule has 0 saturated carbocycles. The predicted molar refractivity (Wildman–Crippen MR) is 132 cm³/mol. The molecule has 2 aromatic rings. The Morgan fingerprint density at radius 3 is 2.32 bits per heavy atom. The number of nitrogens with zero attached hydrogens (tertiary/aromatic N) is 2. The zero-order chi connectivity index (χ0) is 25.5. The highest BCUT2D eigenvalue weighted by Crippen LogP contribution is 2.21. The summed E-state index contributed by atoms with van der Waals surface area (Å²) in [5.74, 6) is -1.23. The molecule has 1 N–H and O–H groups in total. The lowest BCUT2D eigenvalue weighted by Gasteiger charge is -2.33. The third-order valence-corrected chi connectivity index (χ3v) is 6.59. The van der Waals surface area contributed by atoms with Crippen LogP contribution in [0.2, 0.25) is 0 Å². The Bertz CT molecular complexity index is 1100. The zero-order valence-electron chi connectivity index (χ0n) is 20.4. The highest BCUT2D eigenvalue weighted by Gasteiger charge is 2.32. The minimum absolute atomic E-state index is 0.0454. The Kier molecular flexibility index (Phi) is 9.61. The van der Waals surface area contributed by atoms with E-state index in [1.807, 2.05) is 45.0 Å². The van der Waals surface area contributed by atoms with E-state index in [1.165, 1.54) is 23.1 Å². The van der Waals surface area contributed by atoms with E-state index in [9.17, 15) is 22.4 Å². The molecule has 34 heavy (non-hydrogen) atoms. The van der Waals surface area contributed by atoms with Gasteiger partial charge in [-0.3, -0.25) is 13.9 Å². The molecule has 7 nitrogen and oxygen atoms in total. The maximum absolute atomic E-state index is 13.8. The minimum atomic E-state index is -3.90. The number of amides is 2. The molecule has 0 saturated heterocycles. The fourth-order valence-corrected chi connectivity index (χ4v) is 4.40. The van der Waals surface area contributed by atoms with Gasteiger partial charge >= 0.3 is 0 Å². The molecule has 0 fully saturated rings. The predicted octanol–water partition coefficient (Wildman–Crippen LogP) is 3.48. The molecule has 0 spiro atoms. The van der Waals surface area contributed by atoms with Crippen molar-refractivity contribution in [2.75, 3.05) is 23.7 Å². The standard InChI is InChI=1S/C25H34FN3O4S/c1-6-23(25(31)27-15-18(2)3)28(16-20-11-8-7-10-19(20)4)24(30)17-29(34(5,32)33)22-13-9-12-21(26)14-22/h7-14,18,23H,6,15-17H2,1-5H3,(H,27,31). The summed E-state index contributed by atoms with van der Waals surface area (Å²) < 4.78 is 39.7. The summed E-state index contributed by atoms with van der Waals surface area (Å²) >= 11 is 0. The number of anilines is 1. The second kappa shape index (κ2) is 12.0. The summed E-state index contributed by atoms with van der Waals surface area (Å²) in [6.45, 7) is 7.70. The van der Waals surface area contributed by atoms with Gasteiger partial charge in [0.25, 0.3) is 0 Å². The number of carbonyl (C=O) groups excluding carboxylic acids is 2. The van der Waals surface area contributed by atoms with Crippen LogP contribution in [0.1, 0.15) is 38.3 Å². The molecule has 0 aromatic heterocycles. The van der Waals surface area contributed by atoms with Crippen LogP contribution in [0.15, 0.2) is 48.5 Å². The van der Waals surface area contributed by atoms with Crippen molar-refractivity contribution >= 4 is 27.5 Å². The van der Waals surface area contributed by atoms with Gasteiger partial charge in [0.15, 0.2) is 0 Å². The second-order valence-corrected chi connectivity index (χ2v) is 10.7. The average Bonchev–Trinajstić information content (AvgIpc) is 2.76. The van der Waals surface area contributed by atoms with E-state index in [0.29, 0.717) is 13.0 Å². The quantitative estimate of drug-likeness (QED) is 0.521. The van der Waals surface area contributed by atoms with E-state index in [0.717, 1.165) is 27.8 Å². The van der Waals surface area contributed by atoms with Crippen molar-refractivity contribution in [1.29, 1.82) is 0 Å². The lowest BCUT2D eigenvalue weighted by Crippen LogP contribution is -2.52. The molecule has 186 valence electrons. The van der Waals surface area contributed by atoms with Gasteiger partial charge in [-0.2, -0.15) is 0 Å². The SMILES string of the molecule is CCC(C(=O)NCC(C)C)N(Cc1ccccc1C)C(=O)CN(c1cccc(F)c1)S(C)(=O)=O. The molecule has 2 rings (SSSR count). The lowest BCUT2D eigenvalue weighted by atomic mass is 10.1. The molecule has 0 aliphatic carbocycles. The first-order valence-corrected chi connectivity index (χ1v) is 13.1. The first-order valence-electron chi connectivity index (χ1n) is 11.3. The van der Waals surface area contributed by atoms with Gasteiger partial charge in [-0.1, -0.05) is 51.1 Å². The van der Waals surface area contributed by atoms with Crippen molar-refractivity contribution in [2.45, 2.75) is 46.7 Å². The smallest absolute Gasteiger partial charge is 0.244 e. The van der Waals surface area contributed by atoms with Crippen LogP contribution < -0.4 is 9.62 Å². The number of nitrogens with one attached hydrogen (secondary N) is 1. The molecular formula is C25H34FN3O4S. The van der Waals surface area contributed by atoms with Crippen LogP contribution in [0, 0.1) is 18.7 Å². The van der Waals surface area contributed by atoms with Gasteiger partial charge in [0.1, 0.15) is 18.4 Å². The highest BCUT2D eigenvalue weighted by atomic mass is 32.2. The van der Waals surface area contributed by atoms with Crippen LogP contribution in [-0.4, -0.2) is 50.5 Å². The number of halogens is 1. The zero-order valence-corrected chi connectivity index (χ0v) is 21.2.